The molecule has 0 spiro atoms. The van der Waals surface area contributed by atoms with Crippen LogP contribution >= 0.6 is 0 Å². The summed E-state index contributed by atoms with van der Waals surface area (Å²) in [6, 6.07) is -0.636. The van der Waals surface area contributed by atoms with Crippen LogP contribution in [0.4, 0.5) is 4.79 Å². The van der Waals surface area contributed by atoms with Gasteiger partial charge in [-0.05, 0) is 12.2 Å². The first-order valence-electron chi connectivity index (χ1n) is 4.50. The van der Waals surface area contributed by atoms with Gasteiger partial charge < -0.3 is 4.74 Å². The number of allylic oxidation sites excluding steroid dienone is 2. The molecule has 6 heteroatoms. The summed E-state index contributed by atoms with van der Waals surface area (Å²) in [7, 11) is 4.09. The third-order valence-corrected chi connectivity index (χ3v) is 2.12. The van der Waals surface area contributed by atoms with Crippen molar-refractivity contribution in [1.82, 2.24) is 9.80 Å². The Kier molecular flexibility index (Phi) is 3.44. The molecular formula is C10H12N2O4. The van der Waals surface area contributed by atoms with Gasteiger partial charge in [0.2, 0.25) is 0 Å². The van der Waals surface area contributed by atoms with E-state index >= 15 is 0 Å². The minimum Gasteiger partial charge on any atom is -0.504 e. The predicted octanol–water partition coefficient (Wildman–Crippen LogP) is 0.123. The van der Waals surface area contributed by atoms with E-state index in [0.717, 1.165) is 9.80 Å². The third kappa shape index (κ3) is 1.95. The SMILES string of the molecule is COC=CC=C1C(=O)N(C)C(=O)N(C)C1=O. The number of ether oxygens (including phenoxy) is 1. The summed E-state index contributed by atoms with van der Waals surface area (Å²) < 4.78 is 4.64. The maximum absolute atomic E-state index is 11.6. The van der Waals surface area contributed by atoms with Crippen molar-refractivity contribution in [3.8, 4) is 0 Å². The standard InChI is InChI=1S/C10H12N2O4/c1-11-8(13)7(5-4-6-16-3)9(14)12(2)10(11)15/h4-6H,1-3H3. The molecule has 0 saturated carbocycles. The molecule has 86 valence electrons. The second-order valence-electron chi connectivity index (χ2n) is 3.16. The number of nitrogens with zero attached hydrogens (tertiary/aromatic N) is 2. The molecule has 1 aliphatic heterocycles. The lowest BCUT2D eigenvalue weighted by Crippen LogP contribution is -2.52. The quantitative estimate of drug-likeness (QED) is 0.379. The van der Waals surface area contributed by atoms with Crippen LogP contribution in [0.1, 0.15) is 0 Å². The van der Waals surface area contributed by atoms with Gasteiger partial charge in [0, 0.05) is 14.1 Å². The first-order chi connectivity index (χ1) is 7.50. The highest BCUT2D eigenvalue weighted by molar-refractivity contribution is 6.28. The van der Waals surface area contributed by atoms with Crippen LogP contribution in [-0.4, -0.2) is 48.9 Å². The number of methoxy groups -OCH3 is 1. The summed E-state index contributed by atoms with van der Waals surface area (Å²) in [6.45, 7) is 0. The number of rotatable bonds is 2. The van der Waals surface area contributed by atoms with Crippen molar-refractivity contribution < 1.29 is 19.1 Å². The molecule has 0 aromatic heterocycles. The number of hydrogen-bond donors (Lipinski definition) is 0. The Bertz CT molecular complexity index is 372. The lowest BCUT2D eigenvalue weighted by molar-refractivity contribution is -0.134. The van der Waals surface area contributed by atoms with Crippen LogP contribution in [0.25, 0.3) is 0 Å². The Hall–Kier alpha value is -2.11. The molecule has 0 aromatic rings. The van der Waals surface area contributed by atoms with Crippen molar-refractivity contribution in [2.45, 2.75) is 0 Å². The van der Waals surface area contributed by atoms with E-state index in [1.54, 1.807) is 0 Å². The zero-order valence-corrected chi connectivity index (χ0v) is 9.26. The van der Waals surface area contributed by atoms with Crippen molar-refractivity contribution in [1.29, 1.82) is 0 Å². The topological polar surface area (TPSA) is 66.9 Å². The normalized spacial score (nSPS) is 17.4. The molecule has 1 saturated heterocycles. The fourth-order valence-corrected chi connectivity index (χ4v) is 1.21. The van der Waals surface area contributed by atoms with E-state index in [1.807, 2.05) is 0 Å². The average molecular weight is 224 g/mol. The minimum absolute atomic E-state index is 0.0714. The molecule has 16 heavy (non-hydrogen) atoms. The van der Waals surface area contributed by atoms with Gasteiger partial charge in [-0.3, -0.25) is 19.4 Å². The molecule has 0 radical (unpaired) electrons. The smallest absolute Gasteiger partial charge is 0.333 e. The van der Waals surface area contributed by atoms with Gasteiger partial charge in [0.25, 0.3) is 11.8 Å². The van der Waals surface area contributed by atoms with Gasteiger partial charge in [-0.25, -0.2) is 4.79 Å². The molecule has 1 aliphatic rings. The summed E-state index contributed by atoms with van der Waals surface area (Å²) >= 11 is 0. The summed E-state index contributed by atoms with van der Waals surface area (Å²) in [5.74, 6) is -1.23. The molecule has 0 N–H and O–H groups in total. The monoisotopic (exact) mass is 224 g/mol. The van der Waals surface area contributed by atoms with Crippen molar-refractivity contribution in [2.75, 3.05) is 21.2 Å². The number of urea groups is 1. The van der Waals surface area contributed by atoms with E-state index < -0.39 is 17.8 Å². The molecule has 0 aliphatic carbocycles. The van der Waals surface area contributed by atoms with Crippen LogP contribution in [0.5, 0.6) is 0 Å². The van der Waals surface area contributed by atoms with Gasteiger partial charge >= 0.3 is 6.03 Å². The fraction of sp³-hybridized carbons (Fsp3) is 0.300. The first kappa shape index (κ1) is 12.0. The highest BCUT2D eigenvalue weighted by atomic mass is 16.5. The molecule has 0 bridgehead atoms. The lowest BCUT2D eigenvalue weighted by atomic mass is 10.1. The van der Waals surface area contributed by atoms with E-state index in [4.69, 9.17) is 0 Å². The van der Waals surface area contributed by atoms with Gasteiger partial charge in [-0.1, -0.05) is 0 Å². The van der Waals surface area contributed by atoms with Crippen LogP contribution in [0.15, 0.2) is 24.0 Å². The third-order valence-electron chi connectivity index (χ3n) is 2.12. The highest BCUT2D eigenvalue weighted by Gasteiger charge is 2.37. The molecule has 0 unspecified atom stereocenters. The van der Waals surface area contributed by atoms with E-state index in [2.05, 4.69) is 4.74 Å². The number of carbonyl (C=O) groups is 3. The maximum Gasteiger partial charge on any atom is 0.333 e. The summed E-state index contributed by atoms with van der Waals surface area (Å²) in [6.07, 6.45) is 4.06. The van der Waals surface area contributed by atoms with E-state index in [9.17, 15) is 14.4 Å². The van der Waals surface area contributed by atoms with E-state index in [-0.39, 0.29) is 5.57 Å². The molecule has 0 aromatic carbocycles. The van der Waals surface area contributed by atoms with Gasteiger partial charge in [-0.15, -0.1) is 0 Å². The average Bonchev–Trinajstić information content (AvgIpc) is 2.28. The lowest BCUT2D eigenvalue weighted by Gasteiger charge is -2.28. The van der Waals surface area contributed by atoms with Gasteiger partial charge in [-0.2, -0.15) is 0 Å². The molecule has 1 fully saturated rings. The number of carbonyl (C=O) groups excluding carboxylic acids is 3. The number of likely N-dealkylation sites (N-methyl/N-ethyl adjacent to an activating group) is 2. The van der Waals surface area contributed by atoms with Crippen molar-refractivity contribution in [2.24, 2.45) is 0 Å². The summed E-state index contributed by atoms with van der Waals surface area (Å²) in [4.78, 5) is 36.3. The van der Waals surface area contributed by atoms with Gasteiger partial charge in [0.05, 0.1) is 13.4 Å². The number of hydrogen-bond acceptors (Lipinski definition) is 4. The highest BCUT2D eigenvalue weighted by Crippen LogP contribution is 2.14. The first-order valence-corrected chi connectivity index (χ1v) is 4.50. The van der Waals surface area contributed by atoms with Crippen molar-refractivity contribution in [3.05, 3.63) is 24.0 Å². The zero-order chi connectivity index (χ0) is 12.3. The van der Waals surface area contributed by atoms with Crippen molar-refractivity contribution in [3.63, 3.8) is 0 Å². The molecule has 6 nitrogen and oxygen atoms in total. The number of barbiturate groups is 1. The molecule has 0 atom stereocenters. The second kappa shape index (κ2) is 4.61. The predicted molar refractivity (Wildman–Crippen MR) is 55.2 cm³/mol. The maximum atomic E-state index is 11.6. The molecular weight excluding hydrogens is 212 g/mol. The second-order valence-corrected chi connectivity index (χ2v) is 3.16. The van der Waals surface area contributed by atoms with Crippen LogP contribution in [0.2, 0.25) is 0 Å². The minimum atomic E-state index is -0.636. The van der Waals surface area contributed by atoms with Gasteiger partial charge in [0.1, 0.15) is 5.57 Å². The van der Waals surface area contributed by atoms with Crippen LogP contribution in [0.3, 0.4) is 0 Å². The Morgan fingerprint density at radius 3 is 2.00 bits per heavy atom. The van der Waals surface area contributed by atoms with Crippen LogP contribution in [0, 0.1) is 0 Å². The largest absolute Gasteiger partial charge is 0.504 e. The molecule has 1 rings (SSSR count). The summed E-state index contributed by atoms with van der Waals surface area (Å²) in [5.41, 5.74) is -0.0714. The number of amides is 4. The van der Waals surface area contributed by atoms with E-state index in [0.29, 0.717) is 0 Å². The van der Waals surface area contributed by atoms with Crippen molar-refractivity contribution >= 4 is 17.8 Å². The Morgan fingerprint density at radius 1 is 1.06 bits per heavy atom. The number of imide groups is 2. The van der Waals surface area contributed by atoms with Crippen LogP contribution in [-0.2, 0) is 14.3 Å². The fourth-order valence-electron chi connectivity index (χ4n) is 1.21. The molecule has 4 amide bonds. The van der Waals surface area contributed by atoms with Crippen LogP contribution < -0.4 is 0 Å². The van der Waals surface area contributed by atoms with Gasteiger partial charge in [0.15, 0.2) is 0 Å². The zero-order valence-electron chi connectivity index (χ0n) is 9.26. The molecule has 1 heterocycles. The Balaban J connectivity index is 3.05. The summed E-state index contributed by atoms with van der Waals surface area (Å²) in [5, 5.41) is 0. The van der Waals surface area contributed by atoms with E-state index in [1.165, 1.54) is 39.6 Å². The Labute approximate surface area is 92.8 Å². The Morgan fingerprint density at radius 2 is 1.56 bits per heavy atom.